The van der Waals surface area contributed by atoms with Crippen molar-refractivity contribution in [1.29, 1.82) is 0 Å². The van der Waals surface area contributed by atoms with Gasteiger partial charge in [-0.25, -0.2) is 4.79 Å². The number of nitrogens with one attached hydrogen (secondary N) is 1. The Hall–Kier alpha value is -2.90. The smallest absolute Gasteiger partial charge is 0.337 e. The summed E-state index contributed by atoms with van der Waals surface area (Å²) >= 11 is 0. The summed E-state index contributed by atoms with van der Waals surface area (Å²) in [6.07, 6.45) is 2.26. The monoisotopic (exact) mass is 452 g/mol. The molecule has 0 saturated carbocycles. The quantitative estimate of drug-likeness (QED) is 0.650. The van der Waals surface area contributed by atoms with E-state index >= 15 is 0 Å². The van der Waals surface area contributed by atoms with Gasteiger partial charge in [0.15, 0.2) is 0 Å². The van der Waals surface area contributed by atoms with Gasteiger partial charge in [-0.3, -0.25) is 9.69 Å². The molecule has 2 aliphatic heterocycles. The third-order valence-corrected chi connectivity index (χ3v) is 6.72. The molecule has 2 saturated heterocycles. The van der Waals surface area contributed by atoms with Gasteiger partial charge in [0.2, 0.25) is 5.91 Å². The van der Waals surface area contributed by atoms with Crippen LogP contribution in [-0.2, 0) is 14.3 Å². The highest BCUT2D eigenvalue weighted by Gasteiger charge is 2.48. The Morgan fingerprint density at radius 2 is 1.79 bits per heavy atom. The van der Waals surface area contributed by atoms with E-state index in [0.717, 1.165) is 24.3 Å². The van der Waals surface area contributed by atoms with Gasteiger partial charge in [0.25, 0.3) is 0 Å². The zero-order valence-electron chi connectivity index (χ0n) is 19.3. The second kappa shape index (κ2) is 10.4. The van der Waals surface area contributed by atoms with Gasteiger partial charge < -0.3 is 19.5 Å². The van der Waals surface area contributed by atoms with E-state index in [-0.39, 0.29) is 24.0 Å². The Kier molecular flexibility index (Phi) is 7.30. The number of para-hydroxylation sites is 1. The summed E-state index contributed by atoms with van der Waals surface area (Å²) in [5.41, 5.74) is 0.819. The summed E-state index contributed by atoms with van der Waals surface area (Å²) in [6, 6.07) is 16.8. The van der Waals surface area contributed by atoms with Crippen molar-refractivity contribution in [3.63, 3.8) is 0 Å². The standard InChI is InChI=1S/C26H32N2O5/c1-19(20-8-10-21(11-9-20)24(29)31-2)27-25(30)26(13-16-32-17-14-26)28-15-12-23(18-28)33-22-6-4-3-5-7-22/h3-11,19,23H,12-18H2,1-2H3,(H,27,30)/t19-,23+/m0/s1. The minimum atomic E-state index is -0.604. The van der Waals surface area contributed by atoms with E-state index in [1.807, 2.05) is 49.4 Å². The predicted octanol–water partition coefficient (Wildman–Crippen LogP) is 3.35. The number of esters is 1. The van der Waals surface area contributed by atoms with Crippen LogP contribution in [0, 0.1) is 0 Å². The summed E-state index contributed by atoms with van der Waals surface area (Å²) in [4.78, 5) is 27.6. The first kappa shape index (κ1) is 23.3. The molecule has 176 valence electrons. The summed E-state index contributed by atoms with van der Waals surface area (Å²) in [6.45, 7) is 4.62. The molecule has 1 amide bonds. The largest absolute Gasteiger partial charge is 0.489 e. The van der Waals surface area contributed by atoms with Gasteiger partial charge in [0.1, 0.15) is 17.4 Å². The van der Waals surface area contributed by atoms with Crippen molar-refractivity contribution in [1.82, 2.24) is 10.2 Å². The van der Waals surface area contributed by atoms with Crippen LogP contribution in [-0.4, -0.2) is 61.8 Å². The fourth-order valence-corrected chi connectivity index (χ4v) is 4.74. The molecule has 2 atom stereocenters. The maximum absolute atomic E-state index is 13.7. The Bertz CT molecular complexity index is 941. The molecule has 2 aliphatic rings. The Morgan fingerprint density at radius 3 is 2.45 bits per heavy atom. The number of ether oxygens (including phenoxy) is 3. The molecule has 0 spiro atoms. The number of benzene rings is 2. The number of hydrogen-bond donors (Lipinski definition) is 1. The first-order valence-electron chi connectivity index (χ1n) is 11.6. The second-order valence-electron chi connectivity index (χ2n) is 8.74. The van der Waals surface area contributed by atoms with Gasteiger partial charge in [-0.15, -0.1) is 0 Å². The van der Waals surface area contributed by atoms with Crippen LogP contribution in [0.1, 0.15) is 48.1 Å². The lowest BCUT2D eigenvalue weighted by atomic mass is 9.86. The molecule has 7 nitrogen and oxygen atoms in total. The predicted molar refractivity (Wildman–Crippen MR) is 124 cm³/mol. The summed E-state index contributed by atoms with van der Waals surface area (Å²) in [5.74, 6) is 0.510. The molecule has 1 N–H and O–H groups in total. The first-order chi connectivity index (χ1) is 16.0. The molecule has 0 aromatic heterocycles. The van der Waals surface area contributed by atoms with E-state index in [2.05, 4.69) is 10.2 Å². The highest BCUT2D eigenvalue weighted by Crippen LogP contribution is 2.33. The van der Waals surface area contributed by atoms with Crippen LogP contribution in [0.4, 0.5) is 0 Å². The van der Waals surface area contributed by atoms with Gasteiger partial charge in [-0.1, -0.05) is 30.3 Å². The van der Waals surface area contributed by atoms with E-state index in [4.69, 9.17) is 14.2 Å². The van der Waals surface area contributed by atoms with Crippen molar-refractivity contribution in [2.45, 2.75) is 43.9 Å². The van der Waals surface area contributed by atoms with Crippen LogP contribution in [0.2, 0.25) is 0 Å². The molecular formula is C26H32N2O5. The number of rotatable bonds is 7. The number of methoxy groups -OCH3 is 1. The highest BCUT2D eigenvalue weighted by molar-refractivity contribution is 5.89. The van der Waals surface area contributed by atoms with Crippen LogP contribution in [0.15, 0.2) is 54.6 Å². The topological polar surface area (TPSA) is 77.1 Å². The number of likely N-dealkylation sites (tertiary alicyclic amines) is 1. The molecule has 4 rings (SSSR count). The molecule has 2 aromatic carbocycles. The number of amides is 1. The van der Waals surface area contributed by atoms with Gasteiger partial charge >= 0.3 is 5.97 Å². The van der Waals surface area contributed by atoms with Crippen LogP contribution in [0.3, 0.4) is 0 Å². The molecule has 0 bridgehead atoms. The molecule has 0 aliphatic carbocycles. The average Bonchev–Trinajstić information content (AvgIpc) is 3.33. The summed E-state index contributed by atoms with van der Waals surface area (Å²) in [7, 11) is 1.36. The van der Waals surface area contributed by atoms with Crippen LogP contribution < -0.4 is 10.1 Å². The van der Waals surface area contributed by atoms with Gasteiger partial charge in [-0.05, 0) is 56.0 Å². The van der Waals surface area contributed by atoms with Gasteiger partial charge in [-0.2, -0.15) is 0 Å². The van der Waals surface area contributed by atoms with E-state index in [1.165, 1.54) is 7.11 Å². The minimum Gasteiger partial charge on any atom is -0.489 e. The lowest BCUT2D eigenvalue weighted by molar-refractivity contribution is -0.140. The lowest BCUT2D eigenvalue weighted by Gasteiger charge is -2.43. The van der Waals surface area contributed by atoms with E-state index < -0.39 is 5.54 Å². The van der Waals surface area contributed by atoms with Gasteiger partial charge in [0, 0.05) is 26.3 Å². The van der Waals surface area contributed by atoms with Crippen molar-refractivity contribution < 1.29 is 23.8 Å². The molecule has 0 unspecified atom stereocenters. The van der Waals surface area contributed by atoms with E-state index in [0.29, 0.717) is 38.2 Å². The maximum atomic E-state index is 13.7. The highest BCUT2D eigenvalue weighted by atomic mass is 16.5. The fourth-order valence-electron chi connectivity index (χ4n) is 4.74. The van der Waals surface area contributed by atoms with Gasteiger partial charge in [0.05, 0.1) is 18.7 Å². The molecule has 0 radical (unpaired) electrons. The first-order valence-corrected chi connectivity index (χ1v) is 11.6. The van der Waals surface area contributed by atoms with Crippen molar-refractivity contribution in [3.05, 3.63) is 65.7 Å². The van der Waals surface area contributed by atoms with E-state index in [1.54, 1.807) is 12.1 Å². The molecular weight excluding hydrogens is 420 g/mol. The molecule has 2 aromatic rings. The number of carbonyl (C=O) groups excluding carboxylic acids is 2. The van der Waals surface area contributed by atoms with Crippen molar-refractivity contribution in [2.75, 3.05) is 33.4 Å². The van der Waals surface area contributed by atoms with Crippen LogP contribution >= 0.6 is 0 Å². The van der Waals surface area contributed by atoms with Crippen molar-refractivity contribution in [3.8, 4) is 5.75 Å². The van der Waals surface area contributed by atoms with Crippen LogP contribution in [0.5, 0.6) is 5.75 Å². The summed E-state index contributed by atoms with van der Waals surface area (Å²) in [5, 5.41) is 3.22. The second-order valence-corrected chi connectivity index (χ2v) is 8.74. The van der Waals surface area contributed by atoms with E-state index in [9.17, 15) is 9.59 Å². The Labute approximate surface area is 195 Å². The Balaban J connectivity index is 1.44. The third kappa shape index (κ3) is 5.20. The maximum Gasteiger partial charge on any atom is 0.337 e. The fraction of sp³-hybridized carbons (Fsp3) is 0.462. The van der Waals surface area contributed by atoms with Crippen molar-refractivity contribution >= 4 is 11.9 Å². The normalized spacial score (nSPS) is 21.2. The SMILES string of the molecule is COC(=O)c1ccc([C@H](C)NC(=O)C2(N3CC[C@@H](Oc4ccccc4)C3)CCOCC2)cc1. The zero-order valence-corrected chi connectivity index (χ0v) is 19.3. The van der Waals surface area contributed by atoms with Crippen LogP contribution in [0.25, 0.3) is 0 Å². The number of hydrogen-bond acceptors (Lipinski definition) is 6. The molecule has 2 fully saturated rings. The Morgan fingerprint density at radius 1 is 1.09 bits per heavy atom. The lowest BCUT2D eigenvalue weighted by Crippen LogP contribution is -2.61. The number of nitrogens with zero attached hydrogens (tertiary/aromatic N) is 1. The summed E-state index contributed by atoms with van der Waals surface area (Å²) < 4.78 is 16.5. The molecule has 7 heteroatoms. The minimum absolute atomic E-state index is 0.0238. The zero-order chi connectivity index (χ0) is 23.3. The molecule has 2 heterocycles. The molecule has 33 heavy (non-hydrogen) atoms. The average molecular weight is 453 g/mol. The third-order valence-electron chi connectivity index (χ3n) is 6.72. The van der Waals surface area contributed by atoms with Crippen molar-refractivity contribution in [2.24, 2.45) is 0 Å². The number of carbonyl (C=O) groups is 2.